The van der Waals surface area contributed by atoms with Crippen molar-refractivity contribution in [1.82, 2.24) is 5.32 Å². The Morgan fingerprint density at radius 2 is 1.50 bits per heavy atom. The molecule has 0 fully saturated rings. The van der Waals surface area contributed by atoms with E-state index in [-0.39, 0.29) is 0 Å². The summed E-state index contributed by atoms with van der Waals surface area (Å²) in [4.78, 5) is 0. The van der Waals surface area contributed by atoms with Crippen molar-refractivity contribution in [2.24, 2.45) is 0 Å². The van der Waals surface area contributed by atoms with Crippen molar-refractivity contribution in [1.29, 1.82) is 0 Å². The lowest BCUT2D eigenvalue weighted by molar-refractivity contribution is 0.582. The molecule has 0 aliphatic rings. The van der Waals surface area contributed by atoms with Crippen LogP contribution in [-0.4, -0.2) is 17.5 Å². The van der Waals surface area contributed by atoms with Gasteiger partial charge in [0.15, 0.2) is 0 Å². The second kappa shape index (κ2) is 11.7. The fourth-order valence-corrected chi connectivity index (χ4v) is 1.77. The van der Waals surface area contributed by atoms with Crippen LogP contribution in [0.5, 0.6) is 0 Å². The third-order valence-electron chi connectivity index (χ3n) is 1.99. The lowest BCUT2D eigenvalue weighted by Crippen LogP contribution is -2.13. The molecule has 0 aliphatic heterocycles. The number of hydrogen-bond acceptors (Lipinski definition) is 1. The van der Waals surface area contributed by atoms with E-state index in [0.717, 1.165) is 6.54 Å². The van der Waals surface area contributed by atoms with Gasteiger partial charge in [0.05, 0.1) is 0 Å². The molecule has 0 aromatic carbocycles. The zero-order valence-corrected chi connectivity index (χ0v) is 10.4. The van der Waals surface area contributed by atoms with Gasteiger partial charge >= 0.3 is 0 Å². The molecule has 0 heterocycles. The van der Waals surface area contributed by atoms with E-state index in [1.165, 1.54) is 49.5 Å². The van der Waals surface area contributed by atoms with E-state index in [1.54, 1.807) is 0 Å². The van der Waals surface area contributed by atoms with Crippen molar-refractivity contribution in [2.75, 3.05) is 17.5 Å². The highest BCUT2D eigenvalue weighted by Crippen LogP contribution is 2.05. The van der Waals surface area contributed by atoms with Gasteiger partial charge in [-0.15, -0.1) is 0 Å². The lowest BCUT2D eigenvalue weighted by atomic mass is 10.1. The van der Waals surface area contributed by atoms with Crippen LogP contribution in [0, 0.1) is 0 Å². The Kier molecular flexibility index (Phi) is 12.4. The van der Waals surface area contributed by atoms with Crippen LogP contribution in [-0.2, 0) is 0 Å². The standard InChI is InChI=1S/C10H22IN/c1-2-12-10-8-6-4-3-5-7-9-11/h12H,2-10H2,1H3. The van der Waals surface area contributed by atoms with Gasteiger partial charge in [0.2, 0.25) is 0 Å². The molecule has 0 unspecified atom stereocenters. The van der Waals surface area contributed by atoms with Crippen molar-refractivity contribution in [3.63, 3.8) is 0 Å². The number of rotatable bonds is 9. The molecule has 0 bridgehead atoms. The summed E-state index contributed by atoms with van der Waals surface area (Å²) in [5.74, 6) is 0. The van der Waals surface area contributed by atoms with E-state index in [0.29, 0.717) is 0 Å². The number of unbranched alkanes of at least 4 members (excludes halogenated alkanes) is 5. The second-order valence-corrected chi connectivity index (χ2v) is 4.24. The Labute approximate surface area is 90.8 Å². The van der Waals surface area contributed by atoms with Gasteiger partial charge in [0.1, 0.15) is 0 Å². The number of hydrogen-bond donors (Lipinski definition) is 1. The van der Waals surface area contributed by atoms with Crippen LogP contribution < -0.4 is 5.32 Å². The van der Waals surface area contributed by atoms with Crippen molar-refractivity contribution in [2.45, 2.75) is 45.4 Å². The van der Waals surface area contributed by atoms with Crippen molar-refractivity contribution < 1.29 is 0 Å². The Morgan fingerprint density at radius 1 is 0.917 bits per heavy atom. The number of alkyl halides is 1. The minimum atomic E-state index is 1.12. The van der Waals surface area contributed by atoms with Crippen LogP contribution in [0.1, 0.15) is 45.4 Å². The van der Waals surface area contributed by atoms with E-state index < -0.39 is 0 Å². The minimum Gasteiger partial charge on any atom is -0.317 e. The summed E-state index contributed by atoms with van der Waals surface area (Å²) >= 11 is 2.46. The van der Waals surface area contributed by atoms with Crippen LogP contribution >= 0.6 is 22.6 Å². The average molecular weight is 283 g/mol. The molecule has 1 nitrogen and oxygen atoms in total. The predicted molar refractivity (Wildman–Crippen MR) is 65.1 cm³/mol. The van der Waals surface area contributed by atoms with Crippen molar-refractivity contribution >= 4 is 22.6 Å². The first kappa shape index (κ1) is 12.7. The summed E-state index contributed by atoms with van der Waals surface area (Å²) < 4.78 is 1.33. The Morgan fingerprint density at radius 3 is 2.08 bits per heavy atom. The molecule has 0 saturated carbocycles. The quantitative estimate of drug-likeness (QED) is 0.388. The summed E-state index contributed by atoms with van der Waals surface area (Å²) in [7, 11) is 0. The molecule has 0 aromatic heterocycles. The highest BCUT2D eigenvalue weighted by atomic mass is 127. The van der Waals surface area contributed by atoms with E-state index >= 15 is 0 Å². The first-order valence-electron chi connectivity index (χ1n) is 5.18. The maximum Gasteiger partial charge on any atom is -0.000473 e. The van der Waals surface area contributed by atoms with Crippen LogP contribution in [0.25, 0.3) is 0 Å². The molecule has 2 heteroatoms. The Bertz CT molecular complexity index is 66.2. The maximum absolute atomic E-state index is 3.35. The fraction of sp³-hybridized carbons (Fsp3) is 1.00. The minimum absolute atomic E-state index is 1.12. The molecule has 0 saturated heterocycles. The molecule has 0 atom stereocenters. The van der Waals surface area contributed by atoms with E-state index in [2.05, 4.69) is 34.8 Å². The van der Waals surface area contributed by atoms with E-state index in [1.807, 2.05) is 0 Å². The Hall–Kier alpha value is 0.690. The highest BCUT2D eigenvalue weighted by Gasteiger charge is 1.89. The van der Waals surface area contributed by atoms with Gasteiger partial charge in [-0.3, -0.25) is 0 Å². The first-order chi connectivity index (χ1) is 5.91. The average Bonchev–Trinajstić information content (AvgIpc) is 2.10. The zero-order valence-electron chi connectivity index (χ0n) is 8.24. The van der Waals surface area contributed by atoms with Crippen molar-refractivity contribution in [3.8, 4) is 0 Å². The maximum atomic E-state index is 3.35. The van der Waals surface area contributed by atoms with Gasteiger partial charge in [-0.1, -0.05) is 55.2 Å². The van der Waals surface area contributed by atoms with Crippen molar-refractivity contribution in [3.05, 3.63) is 0 Å². The lowest BCUT2D eigenvalue weighted by Gasteiger charge is -2.01. The molecule has 0 spiro atoms. The summed E-state index contributed by atoms with van der Waals surface area (Å²) in [6, 6.07) is 0. The molecule has 74 valence electrons. The predicted octanol–water partition coefficient (Wildman–Crippen LogP) is 3.37. The second-order valence-electron chi connectivity index (χ2n) is 3.16. The van der Waals surface area contributed by atoms with Gasteiger partial charge in [0.25, 0.3) is 0 Å². The number of nitrogens with one attached hydrogen (secondary N) is 1. The summed E-state index contributed by atoms with van der Waals surface area (Å²) in [5.41, 5.74) is 0. The summed E-state index contributed by atoms with van der Waals surface area (Å²) in [6.07, 6.45) is 8.49. The molecule has 0 rings (SSSR count). The summed E-state index contributed by atoms with van der Waals surface area (Å²) in [5, 5.41) is 3.35. The Balaban J connectivity index is 2.73. The molecule has 1 N–H and O–H groups in total. The third-order valence-corrected chi connectivity index (χ3v) is 2.75. The van der Waals surface area contributed by atoms with Gasteiger partial charge in [-0.25, -0.2) is 0 Å². The van der Waals surface area contributed by atoms with Gasteiger partial charge in [-0.2, -0.15) is 0 Å². The normalized spacial score (nSPS) is 10.5. The topological polar surface area (TPSA) is 12.0 Å². The highest BCUT2D eigenvalue weighted by molar-refractivity contribution is 14.1. The molecule has 0 radical (unpaired) electrons. The third kappa shape index (κ3) is 10.7. The summed E-state index contributed by atoms with van der Waals surface area (Å²) in [6.45, 7) is 4.50. The molecule has 0 aromatic rings. The molecular formula is C10H22IN. The van der Waals surface area contributed by atoms with E-state index in [4.69, 9.17) is 0 Å². The monoisotopic (exact) mass is 283 g/mol. The van der Waals surface area contributed by atoms with Crippen LogP contribution in [0.2, 0.25) is 0 Å². The van der Waals surface area contributed by atoms with Crippen LogP contribution in [0.15, 0.2) is 0 Å². The zero-order chi connectivity index (χ0) is 9.07. The first-order valence-corrected chi connectivity index (χ1v) is 6.71. The largest absolute Gasteiger partial charge is 0.317 e. The molecular weight excluding hydrogens is 261 g/mol. The molecule has 12 heavy (non-hydrogen) atoms. The van der Waals surface area contributed by atoms with Crippen LogP contribution in [0.3, 0.4) is 0 Å². The van der Waals surface area contributed by atoms with E-state index in [9.17, 15) is 0 Å². The fourth-order valence-electron chi connectivity index (χ4n) is 1.23. The smallest absolute Gasteiger partial charge is 0.000473 e. The van der Waals surface area contributed by atoms with Crippen LogP contribution in [0.4, 0.5) is 0 Å². The molecule has 0 amide bonds. The van der Waals surface area contributed by atoms with Gasteiger partial charge in [0, 0.05) is 0 Å². The number of halogens is 1. The SMILES string of the molecule is CCNCCCCCCCCI. The molecule has 0 aliphatic carbocycles. The van der Waals surface area contributed by atoms with Gasteiger partial charge < -0.3 is 5.32 Å². The van der Waals surface area contributed by atoms with Gasteiger partial charge in [-0.05, 0) is 30.4 Å².